The van der Waals surface area contributed by atoms with Gasteiger partial charge in [0.2, 0.25) is 5.91 Å². The van der Waals surface area contributed by atoms with Crippen molar-refractivity contribution < 1.29 is 14.7 Å². The molecule has 4 heteroatoms. The quantitative estimate of drug-likeness (QED) is 0.905. The summed E-state index contributed by atoms with van der Waals surface area (Å²) in [5.74, 6) is -1.44. The molecule has 1 aliphatic rings. The van der Waals surface area contributed by atoms with E-state index in [0.717, 1.165) is 6.42 Å². The number of amides is 1. The van der Waals surface area contributed by atoms with Crippen LogP contribution >= 0.6 is 0 Å². The fourth-order valence-corrected chi connectivity index (χ4v) is 3.17. The standard InChI is InChI=1S/C17H23NO3/c1-12-10-14(15(11-12)17(20)21)16(19)18(2)9-8-13-6-4-3-5-7-13/h3-7,12,14-15H,8-11H2,1-2H3,(H,20,21)/t12?,14-,15+/m0/s1. The summed E-state index contributed by atoms with van der Waals surface area (Å²) in [4.78, 5) is 25.5. The van der Waals surface area contributed by atoms with Crippen LogP contribution in [0.5, 0.6) is 0 Å². The molecule has 0 radical (unpaired) electrons. The van der Waals surface area contributed by atoms with E-state index in [2.05, 4.69) is 0 Å². The van der Waals surface area contributed by atoms with Gasteiger partial charge in [-0.3, -0.25) is 9.59 Å². The van der Waals surface area contributed by atoms with Crippen LogP contribution in [0.2, 0.25) is 0 Å². The van der Waals surface area contributed by atoms with Crippen LogP contribution in [0, 0.1) is 17.8 Å². The Morgan fingerprint density at radius 2 is 1.81 bits per heavy atom. The molecule has 1 aromatic rings. The normalized spacial score (nSPS) is 24.8. The van der Waals surface area contributed by atoms with Crippen molar-refractivity contribution in [1.29, 1.82) is 0 Å². The van der Waals surface area contributed by atoms with E-state index in [0.29, 0.717) is 25.3 Å². The lowest BCUT2D eigenvalue weighted by atomic mass is 9.95. The lowest BCUT2D eigenvalue weighted by Crippen LogP contribution is -2.37. The number of carbonyl (C=O) groups is 2. The number of hydrogen-bond donors (Lipinski definition) is 1. The highest BCUT2D eigenvalue weighted by Gasteiger charge is 2.42. The van der Waals surface area contributed by atoms with E-state index in [9.17, 15) is 14.7 Å². The summed E-state index contributed by atoms with van der Waals surface area (Å²) in [5.41, 5.74) is 1.19. The molecule has 0 spiro atoms. The molecule has 1 amide bonds. The van der Waals surface area contributed by atoms with Crippen molar-refractivity contribution in [1.82, 2.24) is 4.90 Å². The van der Waals surface area contributed by atoms with Crippen LogP contribution in [0.25, 0.3) is 0 Å². The molecule has 2 rings (SSSR count). The number of aliphatic carboxylic acids is 1. The molecule has 21 heavy (non-hydrogen) atoms. The Morgan fingerprint density at radius 1 is 1.19 bits per heavy atom. The van der Waals surface area contributed by atoms with Crippen molar-refractivity contribution in [3.8, 4) is 0 Å². The molecule has 0 bridgehead atoms. The van der Waals surface area contributed by atoms with Crippen molar-refractivity contribution in [3.63, 3.8) is 0 Å². The first-order valence-electron chi connectivity index (χ1n) is 7.50. The van der Waals surface area contributed by atoms with E-state index < -0.39 is 11.9 Å². The van der Waals surface area contributed by atoms with E-state index >= 15 is 0 Å². The van der Waals surface area contributed by atoms with E-state index in [1.54, 1.807) is 11.9 Å². The van der Waals surface area contributed by atoms with E-state index in [-0.39, 0.29) is 11.8 Å². The Morgan fingerprint density at radius 3 is 2.43 bits per heavy atom. The summed E-state index contributed by atoms with van der Waals surface area (Å²) in [6.07, 6.45) is 2.09. The second-order valence-electron chi connectivity index (χ2n) is 6.12. The lowest BCUT2D eigenvalue weighted by Gasteiger charge is -2.23. The summed E-state index contributed by atoms with van der Waals surface area (Å²) in [6, 6.07) is 10.0. The van der Waals surface area contributed by atoms with Crippen molar-refractivity contribution in [2.75, 3.05) is 13.6 Å². The molecule has 1 aliphatic carbocycles. The summed E-state index contributed by atoms with van der Waals surface area (Å²) in [6.45, 7) is 2.65. The molecular weight excluding hydrogens is 266 g/mol. The van der Waals surface area contributed by atoms with Crippen LogP contribution in [-0.4, -0.2) is 35.5 Å². The molecule has 1 fully saturated rings. The molecule has 1 saturated carbocycles. The van der Waals surface area contributed by atoms with Gasteiger partial charge in [0.15, 0.2) is 0 Å². The average molecular weight is 289 g/mol. The number of carboxylic acids is 1. The smallest absolute Gasteiger partial charge is 0.307 e. The zero-order valence-electron chi connectivity index (χ0n) is 12.7. The molecular formula is C17H23NO3. The van der Waals surface area contributed by atoms with Gasteiger partial charge in [0.1, 0.15) is 0 Å². The average Bonchev–Trinajstić information content (AvgIpc) is 2.87. The first kappa shape index (κ1) is 15.5. The third kappa shape index (κ3) is 3.84. The third-order valence-electron chi connectivity index (χ3n) is 4.39. The number of likely N-dealkylation sites (N-methyl/N-ethyl adjacent to an activating group) is 1. The van der Waals surface area contributed by atoms with Crippen molar-refractivity contribution in [2.45, 2.75) is 26.2 Å². The van der Waals surface area contributed by atoms with Crippen LogP contribution < -0.4 is 0 Å². The monoisotopic (exact) mass is 289 g/mol. The topological polar surface area (TPSA) is 57.6 Å². The van der Waals surface area contributed by atoms with Crippen LogP contribution in [0.1, 0.15) is 25.3 Å². The fraction of sp³-hybridized carbons (Fsp3) is 0.529. The Bertz CT molecular complexity index is 500. The number of carboxylic acid groups (broad SMARTS) is 1. The minimum Gasteiger partial charge on any atom is -0.481 e. The summed E-state index contributed by atoms with van der Waals surface area (Å²) in [5, 5.41) is 9.27. The first-order chi connectivity index (χ1) is 9.99. The number of benzene rings is 1. The predicted octanol–water partition coefficient (Wildman–Crippen LogP) is 2.43. The molecule has 114 valence electrons. The van der Waals surface area contributed by atoms with Crippen LogP contribution in [0.15, 0.2) is 30.3 Å². The highest BCUT2D eigenvalue weighted by Crippen LogP contribution is 2.37. The molecule has 1 aromatic carbocycles. The minimum absolute atomic E-state index is 0.0253. The molecule has 1 N–H and O–H groups in total. The summed E-state index contributed by atoms with van der Waals surface area (Å²) < 4.78 is 0. The third-order valence-corrected chi connectivity index (χ3v) is 4.39. The molecule has 0 aliphatic heterocycles. The van der Waals surface area contributed by atoms with E-state index in [4.69, 9.17) is 0 Å². The number of hydrogen-bond acceptors (Lipinski definition) is 2. The van der Waals surface area contributed by atoms with Crippen LogP contribution in [0.4, 0.5) is 0 Å². The largest absolute Gasteiger partial charge is 0.481 e. The van der Waals surface area contributed by atoms with Gasteiger partial charge in [-0.1, -0.05) is 37.3 Å². The Kier molecular flexibility index (Phi) is 4.99. The van der Waals surface area contributed by atoms with Gasteiger partial charge in [-0.25, -0.2) is 0 Å². The Labute approximate surface area is 125 Å². The molecule has 0 heterocycles. The predicted molar refractivity (Wildman–Crippen MR) is 80.8 cm³/mol. The van der Waals surface area contributed by atoms with Crippen molar-refractivity contribution >= 4 is 11.9 Å². The fourth-order valence-electron chi connectivity index (χ4n) is 3.17. The molecule has 1 unspecified atom stereocenters. The van der Waals surface area contributed by atoms with Gasteiger partial charge in [-0.2, -0.15) is 0 Å². The summed E-state index contributed by atoms with van der Waals surface area (Å²) in [7, 11) is 1.77. The summed E-state index contributed by atoms with van der Waals surface area (Å²) >= 11 is 0. The van der Waals surface area contributed by atoms with E-state index in [1.165, 1.54) is 5.56 Å². The van der Waals surface area contributed by atoms with Gasteiger partial charge < -0.3 is 10.0 Å². The van der Waals surface area contributed by atoms with Crippen LogP contribution in [0.3, 0.4) is 0 Å². The molecule has 0 aromatic heterocycles. The first-order valence-corrected chi connectivity index (χ1v) is 7.50. The maximum Gasteiger partial charge on any atom is 0.307 e. The van der Waals surface area contributed by atoms with Gasteiger partial charge in [0.25, 0.3) is 0 Å². The molecule has 4 nitrogen and oxygen atoms in total. The van der Waals surface area contributed by atoms with Crippen molar-refractivity contribution in [3.05, 3.63) is 35.9 Å². The number of rotatable bonds is 5. The lowest BCUT2D eigenvalue weighted by molar-refractivity contribution is -0.148. The molecule has 0 saturated heterocycles. The second-order valence-corrected chi connectivity index (χ2v) is 6.12. The minimum atomic E-state index is -0.839. The van der Waals surface area contributed by atoms with Crippen LogP contribution in [-0.2, 0) is 16.0 Å². The zero-order valence-corrected chi connectivity index (χ0v) is 12.7. The SMILES string of the molecule is CC1C[C@H](C(=O)N(C)CCc2ccccc2)[C@H](C(=O)O)C1. The number of carbonyl (C=O) groups excluding carboxylic acids is 1. The highest BCUT2D eigenvalue weighted by molar-refractivity contribution is 5.85. The van der Waals surface area contributed by atoms with Gasteiger partial charge in [-0.15, -0.1) is 0 Å². The van der Waals surface area contributed by atoms with Gasteiger partial charge >= 0.3 is 5.97 Å². The molecule has 3 atom stereocenters. The van der Waals surface area contributed by atoms with Gasteiger partial charge in [-0.05, 0) is 30.7 Å². The number of nitrogens with zero attached hydrogens (tertiary/aromatic N) is 1. The maximum atomic E-state index is 12.5. The zero-order chi connectivity index (χ0) is 15.4. The van der Waals surface area contributed by atoms with Gasteiger partial charge in [0.05, 0.1) is 11.8 Å². The second kappa shape index (κ2) is 6.74. The maximum absolute atomic E-state index is 12.5. The van der Waals surface area contributed by atoms with Gasteiger partial charge in [0, 0.05) is 13.6 Å². The van der Waals surface area contributed by atoms with Crippen molar-refractivity contribution in [2.24, 2.45) is 17.8 Å². The Hall–Kier alpha value is -1.84. The highest BCUT2D eigenvalue weighted by atomic mass is 16.4. The van der Waals surface area contributed by atoms with E-state index in [1.807, 2.05) is 37.3 Å². The Balaban J connectivity index is 1.94.